The van der Waals surface area contributed by atoms with Gasteiger partial charge in [0.1, 0.15) is 5.78 Å². The van der Waals surface area contributed by atoms with Crippen LogP contribution in [-0.2, 0) is 4.79 Å². The number of rotatable bonds is 4. The van der Waals surface area contributed by atoms with Crippen LogP contribution in [0.4, 0.5) is 0 Å². The lowest BCUT2D eigenvalue weighted by Gasteiger charge is -1.90. The topological polar surface area (TPSA) is 17.1 Å². The first kappa shape index (κ1) is 8.23. The standard InChI is InChI=1S/C8H12O/c1-3-5-7-8(9)6-4-2/h2H,3,5-7H2,1H3. The van der Waals surface area contributed by atoms with Crippen molar-refractivity contribution in [2.45, 2.75) is 32.6 Å². The van der Waals surface area contributed by atoms with Gasteiger partial charge in [-0.25, -0.2) is 0 Å². The number of carbonyl (C=O) groups is 1. The summed E-state index contributed by atoms with van der Waals surface area (Å²) in [5, 5.41) is 0. The van der Waals surface area contributed by atoms with Gasteiger partial charge in [-0.1, -0.05) is 19.3 Å². The number of hydrogen-bond acceptors (Lipinski definition) is 1. The Balaban J connectivity index is 3.19. The molecule has 0 saturated heterocycles. The lowest BCUT2D eigenvalue weighted by molar-refractivity contribution is -0.118. The van der Waals surface area contributed by atoms with Crippen molar-refractivity contribution in [1.29, 1.82) is 0 Å². The van der Waals surface area contributed by atoms with Crippen molar-refractivity contribution in [1.82, 2.24) is 0 Å². The fourth-order valence-corrected chi connectivity index (χ4v) is 0.576. The van der Waals surface area contributed by atoms with Crippen molar-refractivity contribution in [2.24, 2.45) is 0 Å². The quantitative estimate of drug-likeness (QED) is 0.522. The number of unbranched alkanes of at least 4 members (excludes halogenated alkanes) is 1. The van der Waals surface area contributed by atoms with E-state index in [2.05, 4.69) is 12.8 Å². The molecule has 0 atom stereocenters. The highest BCUT2D eigenvalue weighted by Crippen LogP contribution is 1.96. The van der Waals surface area contributed by atoms with Gasteiger partial charge in [0.2, 0.25) is 0 Å². The van der Waals surface area contributed by atoms with E-state index in [-0.39, 0.29) is 5.78 Å². The molecule has 0 amide bonds. The van der Waals surface area contributed by atoms with E-state index in [4.69, 9.17) is 6.42 Å². The Morgan fingerprint density at radius 3 is 2.78 bits per heavy atom. The lowest BCUT2D eigenvalue weighted by atomic mass is 10.1. The fraction of sp³-hybridized carbons (Fsp3) is 0.625. The molecule has 0 spiro atoms. The summed E-state index contributed by atoms with van der Waals surface area (Å²) in [6.07, 6.45) is 7.93. The summed E-state index contributed by atoms with van der Waals surface area (Å²) in [7, 11) is 0. The third-order valence-corrected chi connectivity index (χ3v) is 1.11. The lowest BCUT2D eigenvalue weighted by Crippen LogP contribution is -1.94. The number of hydrogen-bond donors (Lipinski definition) is 0. The van der Waals surface area contributed by atoms with Gasteiger partial charge in [-0.3, -0.25) is 4.79 Å². The maximum Gasteiger partial charge on any atom is 0.144 e. The molecule has 1 nitrogen and oxygen atoms in total. The normalized spacial score (nSPS) is 8.44. The van der Waals surface area contributed by atoms with Crippen molar-refractivity contribution in [3.8, 4) is 12.3 Å². The molecule has 50 valence electrons. The molecule has 0 bridgehead atoms. The third kappa shape index (κ3) is 5.10. The van der Waals surface area contributed by atoms with Crippen LogP contribution in [-0.4, -0.2) is 5.78 Å². The molecular formula is C8H12O. The molecule has 1 heteroatoms. The van der Waals surface area contributed by atoms with Crippen LogP contribution in [0.1, 0.15) is 32.6 Å². The minimum Gasteiger partial charge on any atom is -0.299 e. The molecule has 0 aliphatic rings. The average Bonchev–Trinajstić information content (AvgIpc) is 1.85. The Bertz CT molecular complexity index is 119. The van der Waals surface area contributed by atoms with Crippen molar-refractivity contribution in [3.05, 3.63) is 0 Å². The molecule has 0 heterocycles. The summed E-state index contributed by atoms with van der Waals surface area (Å²) in [5.74, 6) is 2.52. The van der Waals surface area contributed by atoms with E-state index >= 15 is 0 Å². The Hall–Kier alpha value is -0.770. The fourth-order valence-electron chi connectivity index (χ4n) is 0.576. The van der Waals surface area contributed by atoms with E-state index in [1.165, 1.54) is 0 Å². The van der Waals surface area contributed by atoms with Gasteiger partial charge < -0.3 is 0 Å². The van der Waals surface area contributed by atoms with Crippen LogP contribution < -0.4 is 0 Å². The first-order chi connectivity index (χ1) is 4.31. The molecule has 0 rings (SSSR count). The average molecular weight is 124 g/mol. The Labute approximate surface area is 56.5 Å². The highest BCUT2D eigenvalue weighted by molar-refractivity contribution is 5.80. The maximum atomic E-state index is 10.7. The molecule has 0 aromatic carbocycles. The van der Waals surface area contributed by atoms with E-state index in [0.717, 1.165) is 12.8 Å². The Morgan fingerprint density at radius 2 is 2.33 bits per heavy atom. The number of carbonyl (C=O) groups excluding carboxylic acids is 1. The molecule has 0 aromatic rings. The van der Waals surface area contributed by atoms with Crippen LogP contribution in [0.15, 0.2) is 0 Å². The van der Waals surface area contributed by atoms with Crippen LogP contribution in [0.2, 0.25) is 0 Å². The number of ketones is 1. The Kier molecular flexibility index (Phi) is 4.91. The summed E-state index contributed by atoms with van der Waals surface area (Å²) in [5.41, 5.74) is 0. The summed E-state index contributed by atoms with van der Waals surface area (Å²) >= 11 is 0. The van der Waals surface area contributed by atoms with E-state index in [1.54, 1.807) is 0 Å². The molecular weight excluding hydrogens is 112 g/mol. The molecule has 9 heavy (non-hydrogen) atoms. The van der Waals surface area contributed by atoms with Crippen molar-refractivity contribution in [3.63, 3.8) is 0 Å². The SMILES string of the molecule is C#CCC(=O)CCCC. The minimum absolute atomic E-state index is 0.194. The number of Topliss-reactive ketones (excluding diaryl/α,β-unsaturated/α-hetero) is 1. The monoisotopic (exact) mass is 124 g/mol. The zero-order chi connectivity index (χ0) is 7.11. The molecule has 0 saturated carbocycles. The first-order valence-electron chi connectivity index (χ1n) is 3.26. The van der Waals surface area contributed by atoms with Gasteiger partial charge in [0.25, 0.3) is 0 Å². The molecule has 0 aliphatic carbocycles. The molecule has 0 N–H and O–H groups in total. The highest BCUT2D eigenvalue weighted by atomic mass is 16.1. The van der Waals surface area contributed by atoms with E-state index in [9.17, 15) is 4.79 Å². The third-order valence-electron chi connectivity index (χ3n) is 1.11. The van der Waals surface area contributed by atoms with E-state index in [1.807, 2.05) is 0 Å². The van der Waals surface area contributed by atoms with Crippen LogP contribution in [0.25, 0.3) is 0 Å². The van der Waals surface area contributed by atoms with Crippen LogP contribution >= 0.6 is 0 Å². The van der Waals surface area contributed by atoms with Crippen molar-refractivity contribution < 1.29 is 4.79 Å². The minimum atomic E-state index is 0.194. The molecule has 0 radical (unpaired) electrons. The van der Waals surface area contributed by atoms with E-state index in [0.29, 0.717) is 12.8 Å². The predicted molar refractivity (Wildman–Crippen MR) is 38.0 cm³/mol. The first-order valence-corrected chi connectivity index (χ1v) is 3.26. The van der Waals surface area contributed by atoms with Crippen molar-refractivity contribution in [2.75, 3.05) is 0 Å². The van der Waals surface area contributed by atoms with Crippen LogP contribution in [0.5, 0.6) is 0 Å². The maximum absolute atomic E-state index is 10.7. The second kappa shape index (κ2) is 5.37. The second-order valence-corrected chi connectivity index (χ2v) is 2.02. The predicted octanol–water partition coefficient (Wildman–Crippen LogP) is 1.77. The van der Waals surface area contributed by atoms with Gasteiger partial charge in [0, 0.05) is 6.42 Å². The van der Waals surface area contributed by atoms with Gasteiger partial charge in [0.05, 0.1) is 6.42 Å². The summed E-state index contributed by atoms with van der Waals surface area (Å²) < 4.78 is 0. The molecule has 0 unspecified atom stereocenters. The van der Waals surface area contributed by atoms with Gasteiger partial charge in [-0.2, -0.15) is 0 Å². The second-order valence-electron chi connectivity index (χ2n) is 2.02. The van der Waals surface area contributed by atoms with Crippen LogP contribution in [0.3, 0.4) is 0 Å². The molecule has 0 aromatic heterocycles. The van der Waals surface area contributed by atoms with Gasteiger partial charge in [-0.15, -0.1) is 6.42 Å². The molecule has 0 aliphatic heterocycles. The zero-order valence-electron chi connectivity index (χ0n) is 5.81. The van der Waals surface area contributed by atoms with Gasteiger partial charge in [-0.05, 0) is 6.42 Å². The van der Waals surface area contributed by atoms with Crippen LogP contribution in [0, 0.1) is 12.3 Å². The van der Waals surface area contributed by atoms with Crippen molar-refractivity contribution >= 4 is 5.78 Å². The van der Waals surface area contributed by atoms with E-state index < -0.39 is 0 Å². The summed E-state index contributed by atoms with van der Waals surface area (Å²) in [6.45, 7) is 2.06. The Morgan fingerprint density at radius 1 is 1.67 bits per heavy atom. The van der Waals surface area contributed by atoms with Gasteiger partial charge >= 0.3 is 0 Å². The largest absolute Gasteiger partial charge is 0.299 e. The highest BCUT2D eigenvalue weighted by Gasteiger charge is 1.95. The zero-order valence-corrected chi connectivity index (χ0v) is 5.81. The summed E-state index contributed by atoms with van der Waals surface area (Å²) in [6, 6.07) is 0. The smallest absolute Gasteiger partial charge is 0.144 e. The summed E-state index contributed by atoms with van der Waals surface area (Å²) in [4.78, 5) is 10.7. The number of terminal acetylenes is 1. The van der Waals surface area contributed by atoms with Gasteiger partial charge in [0.15, 0.2) is 0 Å². The molecule has 0 fully saturated rings.